The lowest BCUT2D eigenvalue weighted by Gasteiger charge is -2.51. The van der Waals surface area contributed by atoms with E-state index in [9.17, 15) is 14.4 Å². The molecule has 7 nitrogen and oxygen atoms in total. The highest BCUT2D eigenvalue weighted by atomic mass is 16.5. The highest BCUT2D eigenvalue weighted by Crippen LogP contribution is 2.37. The zero-order chi connectivity index (χ0) is 26.5. The molecule has 38 heavy (non-hydrogen) atoms. The SMILES string of the molecule is CC(=O)Nc1ccc(C(=O)C[N+]23CCC(CC2)[C@@H](OC(=O)C(Nc2ccccc2)c2ccccc2)C3)cc1. The van der Waals surface area contributed by atoms with Crippen LogP contribution in [0.3, 0.4) is 0 Å². The summed E-state index contributed by atoms with van der Waals surface area (Å²) in [7, 11) is 0. The molecule has 0 aliphatic carbocycles. The Kier molecular flexibility index (Phi) is 7.56. The van der Waals surface area contributed by atoms with Crippen LogP contribution in [-0.2, 0) is 14.3 Å². The Balaban J connectivity index is 1.27. The Hall–Kier alpha value is -3.97. The Bertz CT molecular complexity index is 1270. The molecule has 1 unspecified atom stereocenters. The normalized spacial score (nSPS) is 22.8. The number of benzene rings is 3. The highest BCUT2D eigenvalue weighted by molar-refractivity contribution is 5.98. The molecule has 2 atom stereocenters. The standard InChI is InChI=1S/C31H33N3O4/c1-22(35)32-27-14-12-23(13-15-27)28(36)20-34-18-16-24(17-19-34)29(21-34)38-31(37)30(25-8-4-2-5-9-25)33-26-10-6-3-7-11-26/h2-15,24,29-30,33H,16-21H2,1H3/p+1/t24?,29-,30?,34?/m0/s1. The summed E-state index contributed by atoms with van der Waals surface area (Å²) in [5, 5.41) is 6.08. The number of esters is 1. The Labute approximate surface area is 223 Å². The van der Waals surface area contributed by atoms with E-state index in [0.29, 0.717) is 34.7 Å². The van der Waals surface area contributed by atoms with Crippen LogP contribution in [0.25, 0.3) is 0 Å². The number of carbonyl (C=O) groups excluding carboxylic acids is 3. The van der Waals surface area contributed by atoms with E-state index in [-0.39, 0.29) is 23.8 Å². The molecule has 3 aliphatic rings. The first-order chi connectivity index (χ1) is 18.4. The molecule has 7 heteroatoms. The molecule has 3 saturated heterocycles. The second kappa shape index (κ2) is 11.2. The zero-order valence-electron chi connectivity index (χ0n) is 21.6. The minimum Gasteiger partial charge on any atom is -0.454 e. The highest BCUT2D eigenvalue weighted by Gasteiger charge is 2.49. The van der Waals surface area contributed by atoms with E-state index in [0.717, 1.165) is 37.2 Å². The fraction of sp³-hybridized carbons (Fsp3) is 0.323. The summed E-state index contributed by atoms with van der Waals surface area (Å²) < 4.78 is 6.85. The number of quaternary nitrogens is 1. The van der Waals surface area contributed by atoms with E-state index < -0.39 is 6.04 Å². The molecule has 3 aromatic rings. The summed E-state index contributed by atoms with van der Waals surface area (Å²) in [5.41, 5.74) is 3.00. The van der Waals surface area contributed by atoms with Crippen LogP contribution in [0.4, 0.5) is 11.4 Å². The maximum absolute atomic E-state index is 13.6. The second-order valence-corrected chi connectivity index (χ2v) is 10.5. The second-order valence-electron chi connectivity index (χ2n) is 10.5. The van der Waals surface area contributed by atoms with Crippen LogP contribution in [0.5, 0.6) is 0 Å². The number of Topliss-reactive ketones (excluding diaryl/α,β-unsaturated/α-hetero) is 1. The third-order valence-corrected chi connectivity index (χ3v) is 7.77. The van der Waals surface area contributed by atoms with Crippen molar-refractivity contribution in [2.45, 2.75) is 31.9 Å². The number of carbonyl (C=O) groups is 3. The van der Waals surface area contributed by atoms with E-state index in [1.165, 1.54) is 6.92 Å². The minimum atomic E-state index is -0.619. The summed E-state index contributed by atoms with van der Waals surface area (Å²) in [6.07, 6.45) is 1.66. The predicted octanol–water partition coefficient (Wildman–Crippen LogP) is 4.83. The summed E-state index contributed by atoms with van der Waals surface area (Å²) in [4.78, 5) is 38.1. The van der Waals surface area contributed by atoms with E-state index in [1.54, 1.807) is 24.3 Å². The summed E-state index contributed by atoms with van der Waals surface area (Å²) in [6.45, 7) is 4.32. The number of rotatable bonds is 9. The molecule has 3 fully saturated rings. The average Bonchev–Trinajstić information content (AvgIpc) is 2.93. The van der Waals surface area contributed by atoms with Crippen molar-refractivity contribution in [3.8, 4) is 0 Å². The molecule has 2 N–H and O–H groups in total. The van der Waals surface area contributed by atoms with Crippen molar-refractivity contribution in [3.63, 3.8) is 0 Å². The molecule has 0 saturated carbocycles. The molecule has 196 valence electrons. The lowest BCUT2D eigenvalue weighted by molar-refractivity contribution is -0.938. The van der Waals surface area contributed by atoms with Crippen molar-refractivity contribution in [1.82, 2.24) is 0 Å². The van der Waals surface area contributed by atoms with Gasteiger partial charge in [0.2, 0.25) is 11.7 Å². The Morgan fingerprint density at radius 2 is 1.50 bits per heavy atom. The van der Waals surface area contributed by atoms with Crippen molar-refractivity contribution in [2.75, 3.05) is 36.8 Å². The molecule has 0 aromatic heterocycles. The number of piperidine rings is 3. The number of ketones is 1. The fourth-order valence-electron chi connectivity index (χ4n) is 5.76. The van der Waals surface area contributed by atoms with Gasteiger partial charge in [-0.3, -0.25) is 9.59 Å². The molecule has 3 aliphatic heterocycles. The van der Waals surface area contributed by atoms with Gasteiger partial charge in [0.15, 0.2) is 12.1 Å². The molecule has 0 radical (unpaired) electrons. The number of amides is 1. The van der Waals surface area contributed by atoms with E-state index in [2.05, 4.69) is 10.6 Å². The van der Waals surface area contributed by atoms with Gasteiger partial charge in [0, 0.05) is 42.6 Å². The van der Waals surface area contributed by atoms with Gasteiger partial charge in [0.05, 0.1) is 13.1 Å². The Morgan fingerprint density at radius 1 is 0.868 bits per heavy atom. The van der Waals surface area contributed by atoms with Crippen molar-refractivity contribution in [2.24, 2.45) is 5.92 Å². The predicted molar refractivity (Wildman–Crippen MR) is 147 cm³/mol. The number of nitrogens with zero attached hydrogens (tertiary/aromatic N) is 1. The number of hydrogen-bond donors (Lipinski definition) is 2. The summed E-state index contributed by atoms with van der Waals surface area (Å²) >= 11 is 0. The van der Waals surface area contributed by atoms with Gasteiger partial charge in [-0.25, -0.2) is 4.79 Å². The van der Waals surface area contributed by atoms with E-state index in [1.807, 2.05) is 60.7 Å². The topological polar surface area (TPSA) is 84.5 Å². The maximum atomic E-state index is 13.6. The van der Waals surface area contributed by atoms with Gasteiger partial charge in [-0.2, -0.15) is 0 Å². The Morgan fingerprint density at radius 3 is 2.13 bits per heavy atom. The fourth-order valence-corrected chi connectivity index (χ4v) is 5.76. The molecular weight excluding hydrogens is 478 g/mol. The molecular formula is C31H34N3O4+. The maximum Gasteiger partial charge on any atom is 0.333 e. The number of ether oxygens (including phenoxy) is 1. The molecule has 3 heterocycles. The number of nitrogens with one attached hydrogen (secondary N) is 2. The third-order valence-electron chi connectivity index (χ3n) is 7.77. The largest absolute Gasteiger partial charge is 0.454 e. The number of hydrogen-bond acceptors (Lipinski definition) is 5. The van der Waals surface area contributed by atoms with Gasteiger partial charge in [-0.1, -0.05) is 48.5 Å². The van der Waals surface area contributed by atoms with Gasteiger partial charge in [-0.15, -0.1) is 0 Å². The minimum absolute atomic E-state index is 0.0673. The van der Waals surface area contributed by atoms with Gasteiger partial charge in [0.1, 0.15) is 13.1 Å². The average molecular weight is 513 g/mol. The molecule has 6 rings (SSSR count). The summed E-state index contributed by atoms with van der Waals surface area (Å²) in [5.74, 6) is -0.0543. The lowest BCUT2D eigenvalue weighted by Crippen LogP contribution is -2.65. The van der Waals surface area contributed by atoms with Crippen molar-refractivity contribution >= 4 is 29.0 Å². The van der Waals surface area contributed by atoms with Crippen molar-refractivity contribution in [1.29, 1.82) is 0 Å². The summed E-state index contributed by atoms with van der Waals surface area (Å²) in [6, 6.07) is 25.7. The van der Waals surface area contributed by atoms with E-state index in [4.69, 9.17) is 4.74 Å². The number of anilines is 2. The van der Waals surface area contributed by atoms with Crippen LogP contribution < -0.4 is 10.6 Å². The van der Waals surface area contributed by atoms with Gasteiger partial charge in [0.25, 0.3) is 0 Å². The van der Waals surface area contributed by atoms with Gasteiger partial charge < -0.3 is 19.9 Å². The first-order valence-corrected chi connectivity index (χ1v) is 13.2. The third kappa shape index (κ3) is 5.94. The van der Waals surface area contributed by atoms with Gasteiger partial charge >= 0.3 is 5.97 Å². The van der Waals surface area contributed by atoms with Crippen LogP contribution in [-0.4, -0.2) is 54.4 Å². The van der Waals surface area contributed by atoms with Crippen molar-refractivity contribution < 1.29 is 23.6 Å². The molecule has 1 amide bonds. The van der Waals surface area contributed by atoms with Crippen LogP contribution >= 0.6 is 0 Å². The monoisotopic (exact) mass is 512 g/mol. The zero-order valence-corrected chi connectivity index (χ0v) is 21.6. The molecule has 3 aromatic carbocycles. The first-order valence-electron chi connectivity index (χ1n) is 13.2. The van der Waals surface area contributed by atoms with Crippen LogP contribution in [0.2, 0.25) is 0 Å². The molecule has 0 spiro atoms. The van der Waals surface area contributed by atoms with E-state index >= 15 is 0 Å². The smallest absolute Gasteiger partial charge is 0.333 e. The number of fused-ring (bicyclic) bond motifs is 3. The first kappa shape index (κ1) is 25.7. The van der Waals surface area contributed by atoms with Crippen LogP contribution in [0.1, 0.15) is 41.7 Å². The van der Waals surface area contributed by atoms with Crippen LogP contribution in [0.15, 0.2) is 84.9 Å². The molecule has 2 bridgehead atoms. The van der Waals surface area contributed by atoms with Crippen molar-refractivity contribution in [3.05, 3.63) is 96.1 Å². The lowest BCUT2D eigenvalue weighted by atomic mass is 9.82. The number of para-hydroxylation sites is 1. The quantitative estimate of drug-likeness (QED) is 0.244. The van der Waals surface area contributed by atoms with Crippen LogP contribution in [0, 0.1) is 5.92 Å². The van der Waals surface area contributed by atoms with Gasteiger partial charge in [-0.05, 0) is 42.0 Å².